The fraction of sp³-hybridized carbons (Fsp3) is 0.519. The Morgan fingerprint density at radius 2 is 1.85 bits per heavy atom. The predicted octanol–water partition coefficient (Wildman–Crippen LogP) is 4.97. The van der Waals surface area contributed by atoms with E-state index in [2.05, 4.69) is 20.3 Å². The van der Waals surface area contributed by atoms with Crippen molar-refractivity contribution in [3.63, 3.8) is 0 Å². The minimum Gasteiger partial charge on any atom is -0.360 e. The fourth-order valence-electron chi connectivity index (χ4n) is 5.84. The maximum Gasteiger partial charge on any atom is 0.419 e. The monoisotopic (exact) mass is 580 g/mol. The van der Waals surface area contributed by atoms with Crippen LogP contribution in [0.5, 0.6) is 0 Å². The lowest BCUT2D eigenvalue weighted by Gasteiger charge is -2.27. The summed E-state index contributed by atoms with van der Waals surface area (Å²) in [6.07, 6.45) is -1.36. The zero-order valence-corrected chi connectivity index (χ0v) is 23.7. The van der Waals surface area contributed by atoms with Gasteiger partial charge in [-0.25, -0.2) is 14.4 Å². The summed E-state index contributed by atoms with van der Waals surface area (Å²) >= 11 is 0. The smallest absolute Gasteiger partial charge is 0.360 e. The number of hydrogen-bond acceptors (Lipinski definition) is 6. The zero-order valence-electron chi connectivity index (χ0n) is 22.8. The van der Waals surface area contributed by atoms with E-state index < -0.39 is 31.0 Å². The average Bonchev–Trinajstić information content (AvgIpc) is 3.51. The number of halogens is 4. The van der Waals surface area contributed by atoms with Gasteiger partial charge in [-0.15, -0.1) is 0 Å². The highest BCUT2D eigenvalue weighted by Gasteiger charge is 2.37. The quantitative estimate of drug-likeness (QED) is 0.312. The van der Waals surface area contributed by atoms with Crippen LogP contribution in [-0.2, 0) is 10.7 Å². The number of benzene rings is 1. The third-order valence-electron chi connectivity index (χ3n) is 7.92. The highest BCUT2D eigenvalue weighted by molar-refractivity contribution is 7.70. The molecule has 2 aromatic heterocycles. The summed E-state index contributed by atoms with van der Waals surface area (Å²) in [5, 5.41) is 3.78. The van der Waals surface area contributed by atoms with Gasteiger partial charge in [0.1, 0.15) is 18.9 Å². The highest BCUT2D eigenvalue weighted by atomic mass is 31.2. The molecule has 6 rings (SSSR count). The minimum atomic E-state index is -4.72. The van der Waals surface area contributed by atoms with Gasteiger partial charge in [0.15, 0.2) is 0 Å². The first-order valence-electron chi connectivity index (χ1n) is 13.2. The van der Waals surface area contributed by atoms with Gasteiger partial charge in [-0.1, -0.05) is 6.07 Å². The second kappa shape index (κ2) is 10.4. The molecule has 1 unspecified atom stereocenters. The summed E-state index contributed by atoms with van der Waals surface area (Å²) in [5.41, 5.74) is -0.672. The van der Waals surface area contributed by atoms with Gasteiger partial charge in [-0.3, -0.25) is 4.79 Å². The number of H-pyrrole nitrogens is 1. The minimum absolute atomic E-state index is 0.0669. The van der Waals surface area contributed by atoms with Crippen LogP contribution in [0.4, 0.5) is 23.5 Å². The van der Waals surface area contributed by atoms with Crippen molar-refractivity contribution >= 4 is 35.2 Å². The number of aromatic amines is 1. The Morgan fingerprint density at radius 1 is 1.10 bits per heavy atom. The fourth-order valence-corrected chi connectivity index (χ4v) is 7.32. The van der Waals surface area contributed by atoms with E-state index in [1.165, 1.54) is 30.5 Å². The van der Waals surface area contributed by atoms with Gasteiger partial charge in [0.05, 0.1) is 16.8 Å². The third-order valence-corrected chi connectivity index (χ3v) is 9.46. The van der Waals surface area contributed by atoms with Gasteiger partial charge in [-0.05, 0) is 52.1 Å². The molecule has 0 saturated heterocycles. The van der Waals surface area contributed by atoms with Crippen LogP contribution in [-0.4, -0.2) is 89.4 Å². The Bertz CT molecular complexity index is 1490. The summed E-state index contributed by atoms with van der Waals surface area (Å²) in [7, 11) is 0.302. The van der Waals surface area contributed by atoms with Crippen molar-refractivity contribution in [1.82, 2.24) is 24.8 Å². The van der Waals surface area contributed by atoms with Crippen LogP contribution < -0.4 is 10.6 Å². The first-order chi connectivity index (χ1) is 18.7. The maximum absolute atomic E-state index is 15.0. The summed E-state index contributed by atoms with van der Waals surface area (Å²) in [5.74, 6) is -0.365. The molecule has 1 saturated carbocycles. The molecular weight excluding hydrogens is 547 g/mol. The first kappa shape index (κ1) is 28.5. The van der Waals surface area contributed by atoms with Crippen molar-refractivity contribution in [2.45, 2.75) is 50.1 Å². The van der Waals surface area contributed by atoms with Gasteiger partial charge < -0.3 is 24.7 Å². The molecule has 2 aliphatic heterocycles. The molecule has 0 radical (unpaired) electrons. The van der Waals surface area contributed by atoms with Gasteiger partial charge in [-0.2, -0.15) is 13.2 Å². The number of fused-ring (bicyclic) bond motifs is 7. The lowest BCUT2D eigenvalue weighted by molar-refractivity contribution is -0.137. The second-order valence-electron chi connectivity index (χ2n) is 11.3. The number of alkyl halides is 4. The van der Waals surface area contributed by atoms with Crippen LogP contribution >= 0.6 is 7.14 Å². The lowest BCUT2D eigenvalue weighted by atomic mass is 10.0. The average molecular weight is 581 g/mol. The number of nitrogens with zero attached hydrogens (tertiary/aromatic N) is 4. The molecule has 3 atom stereocenters. The van der Waals surface area contributed by atoms with Crippen molar-refractivity contribution in [3.8, 4) is 11.3 Å². The first-order valence-corrected chi connectivity index (χ1v) is 15.8. The summed E-state index contributed by atoms with van der Waals surface area (Å²) in [6.45, 7) is 3.36. The number of amides is 1. The normalized spacial score (nSPS) is 23.4. The molecule has 1 aliphatic carbocycles. The van der Waals surface area contributed by atoms with Crippen LogP contribution in [0.2, 0.25) is 0 Å². The van der Waals surface area contributed by atoms with E-state index in [0.717, 1.165) is 19.0 Å². The number of aromatic nitrogens is 3. The Balaban J connectivity index is 1.70. The maximum atomic E-state index is 15.0. The second-order valence-corrected chi connectivity index (χ2v) is 14.4. The number of carbonyl (C=O) groups is 1. The van der Waals surface area contributed by atoms with Gasteiger partial charge in [0, 0.05) is 60.9 Å². The molecule has 8 bridgehead atoms. The molecule has 1 aromatic carbocycles. The van der Waals surface area contributed by atoms with Crippen molar-refractivity contribution in [3.05, 3.63) is 35.7 Å². The number of anilines is 1. The van der Waals surface area contributed by atoms with E-state index in [1.54, 1.807) is 13.1 Å². The Labute approximate surface area is 229 Å². The van der Waals surface area contributed by atoms with Crippen LogP contribution in [0.1, 0.15) is 41.6 Å². The topological polar surface area (TPSA) is 94.2 Å². The Morgan fingerprint density at radius 3 is 2.55 bits per heavy atom. The lowest BCUT2D eigenvalue weighted by Crippen LogP contribution is -2.38. The molecule has 8 nitrogen and oxygen atoms in total. The van der Waals surface area contributed by atoms with E-state index >= 15 is 0 Å². The largest absolute Gasteiger partial charge is 0.419 e. The number of carbonyl (C=O) groups excluding carboxylic acids is 1. The van der Waals surface area contributed by atoms with Crippen LogP contribution in [0.3, 0.4) is 0 Å². The molecule has 1 fully saturated rings. The predicted molar refractivity (Wildman–Crippen MR) is 148 cm³/mol. The summed E-state index contributed by atoms with van der Waals surface area (Å²) in [4.78, 5) is 28.1. The molecule has 3 aliphatic rings. The van der Waals surface area contributed by atoms with Crippen LogP contribution in [0, 0.1) is 0 Å². The Kier molecular flexibility index (Phi) is 7.46. The van der Waals surface area contributed by atoms with E-state index in [4.69, 9.17) is 0 Å². The van der Waals surface area contributed by atoms with Gasteiger partial charge in [0.25, 0.3) is 5.91 Å². The summed E-state index contributed by atoms with van der Waals surface area (Å²) in [6, 6.07) is 3.04. The van der Waals surface area contributed by atoms with Crippen LogP contribution in [0.15, 0.2) is 24.5 Å². The molecule has 13 heteroatoms. The number of nitrogens with one attached hydrogen (secondary N) is 2. The van der Waals surface area contributed by atoms with Crippen molar-refractivity contribution in [2.24, 2.45) is 0 Å². The van der Waals surface area contributed by atoms with Crippen LogP contribution in [0.25, 0.3) is 22.2 Å². The molecule has 40 heavy (non-hydrogen) atoms. The van der Waals surface area contributed by atoms with Crippen molar-refractivity contribution in [2.75, 3.05) is 45.8 Å². The molecule has 3 aromatic rings. The van der Waals surface area contributed by atoms with E-state index in [1.807, 2.05) is 11.9 Å². The molecular formula is C27H33F4N6O2P. The van der Waals surface area contributed by atoms with Gasteiger partial charge >= 0.3 is 6.18 Å². The Hall–Kier alpha value is -2.98. The molecule has 1 amide bonds. The van der Waals surface area contributed by atoms with Gasteiger partial charge in [0.2, 0.25) is 5.95 Å². The summed E-state index contributed by atoms with van der Waals surface area (Å²) < 4.78 is 70.8. The van der Waals surface area contributed by atoms with Crippen molar-refractivity contribution < 1.29 is 26.9 Å². The molecule has 4 heterocycles. The van der Waals surface area contributed by atoms with Crippen molar-refractivity contribution in [1.29, 1.82) is 0 Å². The van der Waals surface area contributed by atoms with E-state index in [-0.39, 0.29) is 59.7 Å². The number of hydrogen-bond donors (Lipinski definition) is 2. The molecule has 2 N–H and O–H groups in total. The molecule has 216 valence electrons. The van der Waals surface area contributed by atoms with E-state index in [9.17, 15) is 26.9 Å². The zero-order chi connectivity index (χ0) is 29.0. The number of rotatable bonds is 1. The van der Waals surface area contributed by atoms with E-state index in [0.29, 0.717) is 17.3 Å². The highest BCUT2D eigenvalue weighted by Crippen LogP contribution is 2.43. The standard InChI is InChI=1S/C27H33F4N6O2P/c1-36-10-9-15(28)14-37(2)17-6-5-16(11-17)34-26-33-13-21(27(29,30)31)22(35-26)20-12-32-23-18(20)7-8-19(25(36)38)24(23)40(3,4)39/h7-8,12-13,15-17,32H,5-6,9-11,14H2,1-4H3,(H,33,34,35)/t15?,16-,17-/m0/s1. The SMILES string of the molecule is CN1CCC(F)CN(C)[C@H]2CC[C@@H](C2)Nc2ncc(C(F)(F)F)c(n2)-c2c[nH]c3c(P(C)(C)=O)c(ccc23)C1=O. The third kappa shape index (κ3) is 5.48. The molecule has 0 spiro atoms.